The van der Waals surface area contributed by atoms with Gasteiger partial charge in [0.15, 0.2) is 0 Å². The maximum absolute atomic E-state index is 5.84. The summed E-state index contributed by atoms with van der Waals surface area (Å²) >= 11 is 0. The molecule has 0 fully saturated rings. The summed E-state index contributed by atoms with van der Waals surface area (Å²) < 4.78 is 35.0. The summed E-state index contributed by atoms with van der Waals surface area (Å²) in [5.41, 5.74) is 5.53. The quantitative estimate of drug-likeness (QED) is 0.345. The largest absolute Gasteiger partial charge is 0.529 e. The highest BCUT2D eigenvalue weighted by molar-refractivity contribution is 6.67. The Balaban J connectivity index is 2.98. The van der Waals surface area contributed by atoms with Crippen LogP contribution in [0.4, 0.5) is 0 Å². The zero-order valence-corrected chi connectivity index (χ0v) is 21.2. The second kappa shape index (κ2) is 14.8. The van der Waals surface area contributed by atoms with E-state index in [1.54, 1.807) is 6.20 Å². The Morgan fingerprint density at radius 1 is 0.633 bits per heavy atom. The van der Waals surface area contributed by atoms with Crippen LogP contribution in [0.3, 0.4) is 0 Å². The summed E-state index contributed by atoms with van der Waals surface area (Å²) in [4.78, 5) is 4.51. The van der Waals surface area contributed by atoms with Crippen LogP contribution in [0.5, 0.6) is 0 Å². The van der Waals surface area contributed by atoms with Crippen LogP contribution >= 0.6 is 0 Å². The summed E-state index contributed by atoms with van der Waals surface area (Å²) in [5.74, 6) is 0. The van der Waals surface area contributed by atoms with E-state index >= 15 is 0 Å². The molecule has 0 spiro atoms. The number of pyridine rings is 1. The maximum Gasteiger partial charge on any atom is 0.529 e. The van der Waals surface area contributed by atoms with Crippen LogP contribution in [0.2, 0.25) is 0 Å². The fourth-order valence-corrected chi connectivity index (χ4v) is 7.01. The van der Waals surface area contributed by atoms with E-state index in [1.807, 2.05) is 77.2 Å². The predicted octanol–water partition coefficient (Wildman–Crippen LogP) is 4.28. The first-order valence-corrected chi connectivity index (χ1v) is 14.3. The third-order valence-electron chi connectivity index (χ3n) is 3.82. The van der Waals surface area contributed by atoms with Gasteiger partial charge >= 0.3 is 17.6 Å². The van der Waals surface area contributed by atoms with Crippen LogP contribution < -0.4 is 0 Å². The molecule has 0 radical (unpaired) electrons. The first-order chi connectivity index (χ1) is 14.5. The molecule has 1 heterocycles. The number of nitrogens with zero attached hydrogens (tertiary/aromatic N) is 1. The lowest BCUT2D eigenvalue weighted by molar-refractivity contribution is 0.0837. The van der Waals surface area contributed by atoms with Gasteiger partial charge in [-0.3, -0.25) is 4.98 Å². The lowest BCUT2D eigenvalue weighted by Crippen LogP contribution is -2.44. The van der Waals surface area contributed by atoms with Crippen LogP contribution in [0.15, 0.2) is 29.7 Å². The smallest absolute Gasteiger partial charge is 0.371 e. The fourth-order valence-electron chi connectivity index (χ4n) is 2.75. The lowest BCUT2D eigenvalue weighted by Gasteiger charge is -2.25. The van der Waals surface area contributed by atoms with E-state index in [0.29, 0.717) is 39.6 Å². The fraction of sp³-hybridized carbons (Fsp3) is 0.571. The Hall–Kier alpha value is -1.18. The standard InChI is InChI=1S/C21H37NO6Si2/c1-7-23-29(24-8-2,25-9-3)17-15-20-13-14-21(22-19-20)16-18-30(26-10-4,27-11-5)28-12-6/h13-19H,7-12H2,1-6H3/b17-15+,18-16+. The van der Waals surface area contributed by atoms with Crippen molar-refractivity contribution in [2.75, 3.05) is 39.6 Å². The molecule has 0 aliphatic rings. The van der Waals surface area contributed by atoms with Gasteiger partial charge in [-0.15, -0.1) is 0 Å². The van der Waals surface area contributed by atoms with E-state index in [2.05, 4.69) is 4.98 Å². The van der Waals surface area contributed by atoms with Crippen LogP contribution in [0, 0.1) is 0 Å². The van der Waals surface area contributed by atoms with E-state index in [9.17, 15) is 0 Å². The second-order valence-corrected chi connectivity index (χ2v) is 10.8. The van der Waals surface area contributed by atoms with Crippen LogP contribution in [-0.2, 0) is 26.6 Å². The van der Waals surface area contributed by atoms with Gasteiger partial charge in [-0.25, -0.2) is 0 Å². The highest BCUT2D eigenvalue weighted by atomic mass is 28.4. The molecular formula is C21H37NO6Si2. The summed E-state index contributed by atoms with van der Waals surface area (Å²) in [6, 6.07) is 3.92. The molecular weight excluding hydrogens is 418 g/mol. The molecule has 0 amide bonds. The minimum atomic E-state index is -2.84. The number of aromatic nitrogens is 1. The lowest BCUT2D eigenvalue weighted by atomic mass is 10.2. The van der Waals surface area contributed by atoms with Crippen LogP contribution in [0.1, 0.15) is 52.8 Å². The molecule has 1 aromatic heterocycles. The predicted molar refractivity (Wildman–Crippen MR) is 124 cm³/mol. The van der Waals surface area contributed by atoms with Crippen molar-refractivity contribution >= 4 is 29.8 Å². The third kappa shape index (κ3) is 8.90. The molecule has 9 heteroatoms. The monoisotopic (exact) mass is 455 g/mol. The first kappa shape index (κ1) is 26.9. The van der Waals surface area contributed by atoms with Gasteiger partial charge in [-0.05, 0) is 70.6 Å². The molecule has 0 saturated carbocycles. The normalized spacial score (nSPS) is 13.0. The molecule has 0 saturated heterocycles. The van der Waals surface area contributed by atoms with E-state index < -0.39 is 17.6 Å². The molecule has 30 heavy (non-hydrogen) atoms. The van der Waals surface area contributed by atoms with E-state index in [1.165, 1.54) is 0 Å². The SMILES string of the molecule is CCO[Si](/C=C/c1ccc(/C=C/[Si](OCC)(OCC)OCC)nc1)(OCC)OCC. The highest BCUT2D eigenvalue weighted by Crippen LogP contribution is 2.16. The molecule has 0 atom stereocenters. The molecule has 170 valence electrons. The average Bonchev–Trinajstić information content (AvgIpc) is 2.73. The van der Waals surface area contributed by atoms with Gasteiger partial charge in [0.2, 0.25) is 0 Å². The van der Waals surface area contributed by atoms with Crippen molar-refractivity contribution in [3.8, 4) is 0 Å². The van der Waals surface area contributed by atoms with Crippen LogP contribution in [0.25, 0.3) is 12.2 Å². The average molecular weight is 456 g/mol. The first-order valence-electron chi connectivity index (χ1n) is 10.7. The Morgan fingerprint density at radius 3 is 1.37 bits per heavy atom. The maximum atomic E-state index is 5.84. The Labute approximate surface area is 183 Å². The van der Waals surface area contributed by atoms with Crippen molar-refractivity contribution in [3.63, 3.8) is 0 Å². The molecule has 7 nitrogen and oxygen atoms in total. The zero-order chi connectivity index (χ0) is 22.3. The molecule has 0 aliphatic heterocycles. The Bertz CT molecular complexity index is 550. The van der Waals surface area contributed by atoms with E-state index in [-0.39, 0.29) is 0 Å². The van der Waals surface area contributed by atoms with E-state index in [0.717, 1.165) is 11.3 Å². The number of hydrogen-bond acceptors (Lipinski definition) is 7. The summed E-state index contributed by atoms with van der Waals surface area (Å²) in [6.45, 7) is 14.8. The van der Waals surface area contributed by atoms with Gasteiger partial charge in [0.25, 0.3) is 0 Å². The van der Waals surface area contributed by atoms with Crippen molar-refractivity contribution in [2.45, 2.75) is 41.5 Å². The molecule has 0 unspecified atom stereocenters. The van der Waals surface area contributed by atoms with Gasteiger partial charge < -0.3 is 26.6 Å². The van der Waals surface area contributed by atoms with Gasteiger partial charge in [0.05, 0.1) is 5.69 Å². The van der Waals surface area contributed by atoms with Gasteiger partial charge in [-0.2, -0.15) is 0 Å². The molecule has 0 N–H and O–H groups in total. The zero-order valence-electron chi connectivity index (χ0n) is 19.2. The van der Waals surface area contributed by atoms with Crippen molar-refractivity contribution in [3.05, 3.63) is 41.0 Å². The molecule has 0 aliphatic carbocycles. The third-order valence-corrected chi connectivity index (χ3v) is 9.12. The summed E-state index contributed by atoms with van der Waals surface area (Å²) in [6.07, 6.45) is 5.62. The second-order valence-electron chi connectivity index (χ2n) is 5.99. The highest BCUT2D eigenvalue weighted by Gasteiger charge is 2.38. The van der Waals surface area contributed by atoms with Crippen LogP contribution in [-0.4, -0.2) is 62.2 Å². The van der Waals surface area contributed by atoms with Gasteiger partial charge in [0.1, 0.15) is 0 Å². The van der Waals surface area contributed by atoms with Crippen molar-refractivity contribution in [2.24, 2.45) is 0 Å². The Morgan fingerprint density at radius 2 is 1.03 bits per heavy atom. The topological polar surface area (TPSA) is 68.3 Å². The minimum absolute atomic E-state index is 0.527. The van der Waals surface area contributed by atoms with Crippen molar-refractivity contribution < 1.29 is 26.6 Å². The van der Waals surface area contributed by atoms with E-state index in [4.69, 9.17) is 26.6 Å². The molecule has 0 aromatic carbocycles. The van der Waals surface area contributed by atoms with Gasteiger partial charge in [-0.1, -0.05) is 12.1 Å². The molecule has 1 rings (SSSR count). The number of hydrogen-bond donors (Lipinski definition) is 0. The van der Waals surface area contributed by atoms with Gasteiger partial charge in [0, 0.05) is 45.8 Å². The summed E-state index contributed by atoms with van der Waals surface area (Å²) in [7, 11) is -5.66. The minimum Gasteiger partial charge on any atom is -0.371 e. The molecule has 1 aromatic rings. The molecule has 0 bridgehead atoms. The summed E-state index contributed by atoms with van der Waals surface area (Å²) in [5, 5.41) is 0. The Kier molecular flexibility index (Phi) is 13.2. The van der Waals surface area contributed by atoms with Crippen molar-refractivity contribution in [1.29, 1.82) is 0 Å². The van der Waals surface area contributed by atoms with Crippen molar-refractivity contribution in [1.82, 2.24) is 4.98 Å². The number of rotatable bonds is 16.